The van der Waals surface area contributed by atoms with Crippen molar-refractivity contribution in [3.63, 3.8) is 0 Å². The van der Waals surface area contributed by atoms with Crippen molar-refractivity contribution >= 4 is 45.9 Å². The fraction of sp³-hybridized carbons (Fsp3) is 0.345. The third-order valence-electron chi connectivity index (χ3n) is 13.5. The van der Waals surface area contributed by atoms with Crippen molar-refractivity contribution < 1.29 is 39.0 Å². The SMILES string of the molecule is C=CCO[C@@]12Oc3ccc(Oc4ccc(SC)cc4)cc3[C@H]3[C@H](CCCCO)[C@@H](CCCCO)C=C(C(=NOC)C[C@@H]1N(Cc1cccc4ccccc14)C(=O)C=Cc1ccc([N+](=O)[O-])cc1)[C@H]32. The second kappa shape index (κ2) is 22.2. The van der Waals surface area contributed by atoms with Gasteiger partial charge in [-0.15, -0.1) is 18.3 Å². The molecule has 5 aromatic carbocycles. The molecule has 12 nitrogen and oxygen atoms in total. The molecule has 5 aromatic rings. The lowest BCUT2D eigenvalue weighted by Gasteiger charge is -2.60. The molecular weight excluding hydrogens is 879 g/mol. The molecule has 0 aromatic heterocycles. The maximum Gasteiger partial charge on any atom is 0.269 e. The van der Waals surface area contributed by atoms with Crippen LogP contribution >= 0.6 is 11.8 Å². The van der Waals surface area contributed by atoms with Gasteiger partial charge in [-0.05, 0) is 132 Å². The molecule has 2 aliphatic carbocycles. The topological polar surface area (TPSA) is 153 Å². The van der Waals surface area contributed by atoms with Crippen LogP contribution < -0.4 is 9.47 Å². The van der Waals surface area contributed by atoms with Gasteiger partial charge in [-0.3, -0.25) is 14.9 Å². The molecule has 0 spiro atoms. The van der Waals surface area contributed by atoms with Crippen LogP contribution in [0.5, 0.6) is 17.2 Å². The summed E-state index contributed by atoms with van der Waals surface area (Å²) in [6.45, 7) is 4.52. The van der Waals surface area contributed by atoms with E-state index in [9.17, 15) is 20.3 Å². The molecule has 1 saturated carbocycles. The monoisotopic (exact) mass is 937 g/mol. The van der Waals surface area contributed by atoms with Gasteiger partial charge in [0, 0.05) is 60.8 Å². The average Bonchev–Trinajstić information content (AvgIpc) is 3.36. The predicted molar refractivity (Wildman–Crippen MR) is 267 cm³/mol. The first-order chi connectivity index (χ1) is 33.2. The van der Waals surface area contributed by atoms with Crippen LogP contribution in [0.4, 0.5) is 5.69 Å². The van der Waals surface area contributed by atoms with Gasteiger partial charge in [0.05, 0.1) is 23.2 Å². The Morgan fingerprint density at radius 3 is 2.41 bits per heavy atom. The molecule has 0 bridgehead atoms. The Morgan fingerprint density at radius 1 is 0.956 bits per heavy atom. The van der Waals surface area contributed by atoms with E-state index in [1.807, 2.05) is 84.0 Å². The van der Waals surface area contributed by atoms with Gasteiger partial charge in [0.1, 0.15) is 30.4 Å². The summed E-state index contributed by atoms with van der Waals surface area (Å²) in [5, 5.41) is 38.3. The van der Waals surface area contributed by atoms with Crippen LogP contribution in [-0.4, -0.2) is 76.7 Å². The Labute approximate surface area is 402 Å². The molecule has 0 unspecified atom stereocenters. The quantitative estimate of drug-likeness (QED) is 0.0181. The number of non-ortho nitro benzene ring substituents is 1. The number of hydrogen-bond donors (Lipinski definition) is 2. The summed E-state index contributed by atoms with van der Waals surface area (Å²) in [5.74, 6) is -0.560. The van der Waals surface area contributed by atoms with Gasteiger partial charge in [-0.1, -0.05) is 72.6 Å². The van der Waals surface area contributed by atoms with Crippen LogP contribution in [0.25, 0.3) is 16.8 Å². The van der Waals surface area contributed by atoms with E-state index in [1.54, 1.807) is 36.0 Å². The van der Waals surface area contributed by atoms with Gasteiger partial charge < -0.3 is 34.2 Å². The van der Waals surface area contributed by atoms with E-state index >= 15 is 4.79 Å². The van der Waals surface area contributed by atoms with E-state index in [4.69, 9.17) is 24.2 Å². The normalized spacial score (nSPS) is 22.2. The van der Waals surface area contributed by atoms with E-state index < -0.39 is 22.7 Å². The molecule has 1 heterocycles. The zero-order valence-electron chi connectivity index (χ0n) is 38.6. The standard InChI is InChI=1S/C55H59N3O9S/c1-4-32-65-55-51(57(36-40-15-11-14-38-12-5-6-16-45(38)40)52(61)29-20-37-18-21-41(22-19-37)58(62)63)35-49(56-64-2)47-33-39(13-7-9-30-59)46(17-8-10-31-60)53(54(47)55)48-34-43(25-28-50(48)67-55)66-42-23-26-44(68-3)27-24-42/h4-6,11-12,14-16,18-29,33-34,39,46,51,53-54,59-60H,1,7-10,13,17,30-32,35-36H2,2-3H3/t39-,46+,51-,53+,54+,55+/m0/s1. The molecule has 1 amide bonds. The van der Waals surface area contributed by atoms with Crippen molar-refractivity contribution in [1.29, 1.82) is 0 Å². The zero-order valence-corrected chi connectivity index (χ0v) is 39.4. The first kappa shape index (κ1) is 48.2. The van der Waals surface area contributed by atoms with Crippen molar-refractivity contribution in [2.24, 2.45) is 22.9 Å². The number of aliphatic hydroxyl groups excluding tert-OH is 2. The molecule has 13 heteroatoms. The number of nitrogens with zero attached hydrogens (tertiary/aromatic N) is 3. The number of rotatable bonds is 21. The Morgan fingerprint density at radius 2 is 1.69 bits per heavy atom. The van der Waals surface area contributed by atoms with Crippen LogP contribution in [0.15, 0.2) is 150 Å². The molecular formula is C55H59N3O9S. The lowest BCUT2D eigenvalue weighted by Crippen LogP contribution is -2.70. The molecule has 354 valence electrons. The Hall–Kier alpha value is -6.25. The number of unbranched alkanes of at least 4 members (excludes halogenated alkanes) is 2. The third-order valence-corrected chi connectivity index (χ3v) is 14.3. The first-order valence-corrected chi connectivity index (χ1v) is 24.6. The number of nitro groups is 1. The molecule has 1 fully saturated rings. The van der Waals surface area contributed by atoms with Crippen LogP contribution in [0, 0.1) is 27.9 Å². The second-order valence-corrected chi connectivity index (χ2v) is 18.4. The maximum atomic E-state index is 15.3. The summed E-state index contributed by atoms with van der Waals surface area (Å²) >= 11 is 1.66. The highest BCUT2D eigenvalue weighted by Gasteiger charge is 2.65. The summed E-state index contributed by atoms with van der Waals surface area (Å²) in [7, 11) is 1.53. The number of thioether (sulfide) groups is 1. The van der Waals surface area contributed by atoms with Crippen molar-refractivity contribution in [2.45, 2.75) is 74.1 Å². The molecule has 2 N–H and O–H groups in total. The largest absolute Gasteiger partial charge is 0.459 e. The number of carbonyl (C=O) groups excluding carboxylic acids is 1. The van der Waals surface area contributed by atoms with Gasteiger partial charge in [0.25, 0.3) is 5.69 Å². The summed E-state index contributed by atoms with van der Waals surface area (Å²) in [4.78, 5) is 35.0. The van der Waals surface area contributed by atoms with Gasteiger partial charge in [0.2, 0.25) is 11.7 Å². The van der Waals surface area contributed by atoms with Gasteiger partial charge in [0.15, 0.2) is 0 Å². The van der Waals surface area contributed by atoms with Gasteiger partial charge >= 0.3 is 0 Å². The van der Waals surface area contributed by atoms with Crippen LogP contribution in [-0.2, 0) is 20.9 Å². The number of benzene rings is 5. The lowest BCUT2D eigenvalue weighted by molar-refractivity contribution is -0.384. The fourth-order valence-electron chi connectivity index (χ4n) is 10.5. The predicted octanol–water partition coefficient (Wildman–Crippen LogP) is 11.3. The van der Waals surface area contributed by atoms with Crippen molar-refractivity contribution in [1.82, 2.24) is 4.90 Å². The highest BCUT2D eigenvalue weighted by Crippen LogP contribution is 2.62. The molecule has 8 rings (SSSR count). The molecule has 0 radical (unpaired) electrons. The zero-order chi connectivity index (χ0) is 47.6. The summed E-state index contributed by atoms with van der Waals surface area (Å²) < 4.78 is 21.2. The number of allylic oxidation sites excluding steroid dienone is 1. The van der Waals surface area contributed by atoms with E-state index in [1.165, 1.54) is 25.3 Å². The Bertz CT molecular complexity index is 2660. The summed E-state index contributed by atoms with van der Waals surface area (Å²) in [6.07, 6.45) is 13.9. The minimum atomic E-state index is -1.49. The lowest BCUT2D eigenvalue weighted by atomic mass is 9.55. The number of amides is 1. The first-order valence-electron chi connectivity index (χ1n) is 23.3. The third kappa shape index (κ3) is 10.3. The van der Waals surface area contributed by atoms with Crippen LogP contribution in [0.2, 0.25) is 0 Å². The number of nitro benzene ring substituents is 1. The minimum Gasteiger partial charge on any atom is -0.459 e. The number of aliphatic hydroxyl groups is 2. The highest BCUT2D eigenvalue weighted by molar-refractivity contribution is 7.98. The second-order valence-electron chi connectivity index (χ2n) is 17.5. The molecule has 6 atom stereocenters. The number of hydrogen-bond acceptors (Lipinski definition) is 11. The summed E-state index contributed by atoms with van der Waals surface area (Å²) in [6, 6.07) is 33.3. The number of ether oxygens (including phenoxy) is 3. The van der Waals surface area contributed by atoms with Crippen molar-refractivity contribution in [3.05, 3.63) is 166 Å². The number of carbonyl (C=O) groups is 1. The minimum absolute atomic E-state index is 0.0197. The molecule has 0 saturated heterocycles. The Kier molecular flexibility index (Phi) is 15.8. The fourth-order valence-corrected chi connectivity index (χ4v) is 10.9. The van der Waals surface area contributed by atoms with Crippen LogP contribution in [0.3, 0.4) is 0 Å². The Balaban J connectivity index is 1.33. The molecule has 68 heavy (non-hydrogen) atoms. The van der Waals surface area contributed by atoms with Crippen LogP contribution in [0.1, 0.15) is 67.6 Å². The van der Waals surface area contributed by atoms with E-state index in [2.05, 4.69) is 24.8 Å². The summed E-state index contributed by atoms with van der Waals surface area (Å²) in [5.41, 5.74) is 4.03. The van der Waals surface area contributed by atoms with Gasteiger partial charge in [-0.2, -0.15) is 0 Å². The molecule has 1 aliphatic heterocycles. The number of fused-ring (bicyclic) bond motifs is 3. The maximum absolute atomic E-state index is 15.3. The van der Waals surface area contributed by atoms with Crippen molar-refractivity contribution in [3.8, 4) is 17.2 Å². The van der Waals surface area contributed by atoms with E-state index in [-0.39, 0.29) is 62.1 Å². The van der Waals surface area contributed by atoms with Crippen molar-refractivity contribution in [2.75, 3.05) is 33.2 Å². The van der Waals surface area contributed by atoms with E-state index in [0.29, 0.717) is 41.4 Å². The van der Waals surface area contributed by atoms with Gasteiger partial charge in [-0.25, -0.2) is 0 Å². The highest BCUT2D eigenvalue weighted by atomic mass is 32.2. The van der Waals surface area contributed by atoms with E-state index in [0.717, 1.165) is 58.1 Å². The average molecular weight is 938 g/mol. The smallest absolute Gasteiger partial charge is 0.269 e. The molecule has 3 aliphatic rings. The number of oxime groups is 1.